The van der Waals surface area contributed by atoms with E-state index < -0.39 is 0 Å². The van der Waals surface area contributed by atoms with Crippen LogP contribution in [0, 0.1) is 6.92 Å². The van der Waals surface area contributed by atoms with E-state index in [1.54, 1.807) is 13.0 Å². The van der Waals surface area contributed by atoms with Crippen LogP contribution in [-0.4, -0.2) is 35.1 Å². The zero-order chi connectivity index (χ0) is 14.8. The highest BCUT2D eigenvalue weighted by Crippen LogP contribution is 2.24. The SMILES string of the molecule is Cc1cc(C(=O)NC[C@@H](C)N2CCc3sccc3C2)on1. The maximum atomic E-state index is 11.9. The fourth-order valence-electron chi connectivity index (χ4n) is 2.57. The van der Waals surface area contributed by atoms with Gasteiger partial charge in [-0.3, -0.25) is 9.69 Å². The highest BCUT2D eigenvalue weighted by atomic mass is 32.1. The van der Waals surface area contributed by atoms with Crippen LogP contribution in [0.3, 0.4) is 0 Å². The van der Waals surface area contributed by atoms with Crippen molar-refractivity contribution in [1.82, 2.24) is 15.4 Å². The summed E-state index contributed by atoms with van der Waals surface area (Å²) in [6, 6.07) is 4.15. The quantitative estimate of drug-likeness (QED) is 0.941. The fraction of sp³-hybridized carbons (Fsp3) is 0.467. The minimum absolute atomic E-state index is 0.198. The molecule has 0 saturated heterocycles. The van der Waals surface area contributed by atoms with Gasteiger partial charge in [0.15, 0.2) is 0 Å². The van der Waals surface area contributed by atoms with Crippen LogP contribution in [0.25, 0.3) is 0 Å². The number of thiophene rings is 1. The molecule has 5 nitrogen and oxygen atoms in total. The Bertz CT molecular complexity index is 634. The summed E-state index contributed by atoms with van der Waals surface area (Å²) in [5, 5.41) is 8.80. The summed E-state index contributed by atoms with van der Waals surface area (Å²) in [4.78, 5) is 15.8. The van der Waals surface area contributed by atoms with Crippen molar-refractivity contribution in [2.24, 2.45) is 0 Å². The molecule has 0 fully saturated rings. The van der Waals surface area contributed by atoms with Crippen LogP contribution in [0.15, 0.2) is 22.0 Å². The number of hydrogen-bond acceptors (Lipinski definition) is 5. The second kappa shape index (κ2) is 5.99. The molecule has 0 radical (unpaired) electrons. The lowest BCUT2D eigenvalue weighted by Crippen LogP contribution is -2.44. The zero-order valence-corrected chi connectivity index (χ0v) is 13.1. The first-order valence-corrected chi connectivity index (χ1v) is 8.02. The third-order valence-electron chi connectivity index (χ3n) is 3.87. The molecular formula is C15H19N3O2S. The number of aromatic nitrogens is 1. The first kappa shape index (κ1) is 14.3. The van der Waals surface area contributed by atoms with E-state index in [4.69, 9.17) is 4.52 Å². The molecular weight excluding hydrogens is 286 g/mol. The van der Waals surface area contributed by atoms with Gasteiger partial charge in [0, 0.05) is 36.6 Å². The number of carbonyl (C=O) groups is 1. The standard InChI is InChI=1S/C15H19N3O2S/c1-10-7-13(20-17-10)15(19)16-8-11(2)18-5-3-14-12(9-18)4-6-21-14/h4,6-7,11H,3,5,8-9H2,1-2H3,(H,16,19)/t11-/m1/s1. The highest BCUT2D eigenvalue weighted by Gasteiger charge is 2.22. The lowest BCUT2D eigenvalue weighted by Gasteiger charge is -2.32. The number of hydrogen-bond donors (Lipinski definition) is 1. The summed E-state index contributed by atoms with van der Waals surface area (Å²) in [5.41, 5.74) is 2.14. The summed E-state index contributed by atoms with van der Waals surface area (Å²) in [6.45, 7) is 6.57. The summed E-state index contributed by atoms with van der Waals surface area (Å²) >= 11 is 1.84. The van der Waals surface area contributed by atoms with Gasteiger partial charge in [-0.2, -0.15) is 0 Å². The van der Waals surface area contributed by atoms with Crippen molar-refractivity contribution >= 4 is 17.2 Å². The Morgan fingerprint density at radius 2 is 2.48 bits per heavy atom. The molecule has 0 aliphatic carbocycles. The minimum Gasteiger partial charge on any atom is -0.351 e. The molecule has 2 aromatic rings. The molecule has 1 amide bonds. The molecule has 21 heavy (non-hydrogen) atoms. The predicted molar refractivity (Wildman–Crippen MR) is 81.5 cm³/mol. The summed E-state index contributed by atoms with van der Waals surface area (Å²) in [7, 11) is 0. The van der Waals surface area contributed by atoms with Crippen LogP contribution in [0.4, 0.5) is 0 Å². The minimum atomic E-state index is -0.198. The van der Waals surface area contributed by atoms with Crippen LogP contribution < -0.4 is 5.32 Å². The zero-order valence-electron chi connectivity index (χ0n) is 12.3. The van der Waals surface area contributed by atoms with Gasteiger partial charge in [-0.25, -0.2) is 0 Å². The molecule has 0 unspecified atom stereocenters. The number of nitrogens with one attached hydrogen (secondary N) is 1. The molecule has 3 rings (SSSR count). The summed E-state index contributed by atoms with van der Waals surface area (Å²) < 4.78 is 4.97. The number of amides is 1. The molecule has 0 bridgehead atoms. The Morgan fingerprint density at radius 3 is 3.24 bits per heavy atom. The molecule has 3 heterocycles. The van der Waals surface area contributed by atoms with Gasteiger partial charge in [-0.05, 0) is 37.3 Å². The Balaban J connectivity index is 1.53. The van der Waals surface area contributed by atoms with Gasteiger partial charge in [0.05, 0.1) is 5.69 Å². The largest absolute Gasteiger partial charge is 0.351 e. The molecule has 1 aliphatic rings. The van der Waals surface area contributed by atoms with Crippen LogP contribution in [0.2, 0.25) is 0 Å². The van der Waals surface area contributed by atoms with Gasteiger partial charge in [-0.15, -0.1) is 11.3 Å². The van der Waals surface area contributed by atoms with Gasteiger partial charge in [0.2, 0.25) is 5.76 Å². The van der Waals surface area contributed by atoms with Crippen molar-refractivity contribution in [1.29, 1.82) is 0 Å². The average Bonchev–Trinajstić information content (AvgIpc) is 3.12. The van der Waals surface area contributed by atoms with Crippen molar-refractivity contribution in [3.8, 4) is 0 Å². The van der Waals surface area contributed by atoms with Gasteiger partial charge >= 0.3 is 0 Å². The predicted octanol–water partition coefficient (Wildman–Crippen LogP) is 2.22. The molecule has 6 heteroatoms. The monoisotopic (exact) mass is 305 g/mol. The van der Waals surface area contributed by atoms with Crippen molar-refractivity contribution in [3.05, 3.63) is 39.4 Å². The van der Waals surface area contributed by atoms with E-state index in [1.807, 2.05) is 11.3 Å². The molecule has 0 aromatic carbocycles. The van der Waals surface area contributed by atoms with Crippen molar-refractivity contribution in [3.63, 3.8) is 0 Å². The second-order valence-electron chi connectivity index (χ2n) is 5.48. The van der Waals surface area contributed by atoms with Crippen LogP contribution >= 0.6 is 11.3 Å². The Kier molecular flexibility index (Phi) is 4.07. The Labute approximate surface area is 127 Å². The van der Waals surface area contributed by atoms with Gasteiger partial charge in [0.1, 0.15) is 0 Å². The number of carbonyl (C=O) groups excluding carboxylic acids is 1. The van der Waals surface area contributed by atoms with Crippen LogP contribution in [0.5, 0.6) is 0 Å². The van der Waals surface area contributed by atoms with Crippen molar-refractivity contribution < 1.29 is 9.32 Å². The molecule has 0 saturated carbocycles. The molecule has 2 aromatic heterocycles. The van der Waals surface area contributed by atoms with Crippen LogP contribution in [0.1, 0.15) is 33.6 Å². The first-order chi connectivity index (χ1) is 10.1. The molecule has 0 spiro atoms. The van der Waals surface area contributed by atoms with E-state index in [0.717, 1.165) is 19.5 Å². The van der Waals surface area contributed by atoms with Gasteiger partial charge in [0.25, 0.3) is 5.91 Å². The molecule has 1 aliphatic heterocycles. The highest BCUT2D eigenvalue weighted by molar-refractivity contribution is 7.10. The van der Waals surface area contributed by atoms with Crippen molar-refractivity contribution in [2.75, 3.05) is 13.1 Å². The second-order valence-corrected chi connectivity index (χ2v) is 6.48. The van der Waals surface area contributed by atoms with E-state index in [0.29, 0.717) is 18.3 Å². The summed E-state index contributed by atoms with van der Waals surface area (Å²) in [5.74, 6) is 0.0779. The normalized spacial score (nSPS) is 16.5. The smallest absolute Gasteiger partial charge is 0.289 e. The topological polar surface area (TPSA) is 58.4 Å². The van der Waals surface area contributed by atoms with E-state index in [9.17, 15) is 4.79 Å². The van der Waals surface area contributed by atoms with E-state index in [2.05, 4.69) is 33.7 Å². The number of fused-ring (bicyclic) bond motifs is 1. The number of nitrogens with zero attached hydrogens (tertiary/aromatic N) is 2. The average molecular weight is 305 g/mol. The van der Waals surface area contributed by atoms with Gasteiger partial charge in [-0.1, -0.05) is 5.16 Å². The van der Waals surface area contributed by atoms with E-state index in [1.165, 1.54) is 10.4 Å². The fourth-order valence-corrected chi connectivity index (χ4v) is 3.46. The molecule has 112 valence electrons. The van der Waals surface area contributed by atoms with Crippen molar-refractivity contribution in [2.45, 2.75) is 32.9 Å². The van der Waals surface area contributed by atoms with Crippen LogP contribution in [-0.2, 0) is 13.0 Å². The third-order valence-corrected chi connectivity index (χ3v) is 4.89. The van der Waals surface area contributed by atoms with E-state index in [-0.39, 0.29) is 11.7 Å². The number of rotatable bonds is 4. The lowest BCUT2D eigenvalue weighted by atomic mass is 10.1. The number of aryl methyl sites for hydroxylation is 1. The van der Waals surface area contributed by atoms with E-state index >= 15 is 0 Å². The Hall–Kier alpha value is -1.66. The third kappa shape index (κ3) is 3.16. The molecule has 1 atom stereocenters. The van der Waals surface area contributed by atoms with Gasteiger partial charge < -0.3 is 9.84 Å². The lowest BCUT2D eigenvalue weighted by molar-refractivity contribution is 0.0896. The maximum Gasteiger partial charge on any atom is 0.289 e. The summed E-state index contributed by atoms with van der Waals surface area (Å²) in [6.07, 6.45) is 1.10. The first-order valence-electron chi connectivity index (χ1n) is 7.14. The maximum absolute atomic E-state index is 11.9. The molecule has 1 N–H and O–H groups in total. The Morgan fingerprint density at radius 1 is 1.62 bits per heavy atom.